The Kier molecular flexibility index (Phi) is 7.64. The number of aliphatic imine (C=N–C) groups is 3. The molecule has 0 amide bonds. The summed E-state index contributed by atoms with van der Waals surface area (Å²) in [5.74, 6) is 4.88. The summed E-state index contributed by atoms with van der Waals surface area (Å²) in [5, 5.41) is 6.65. The Morgan fingerprint density at radius 1 is 1.28 bits per heavy atom. The largest absolute Gasteiger partial charge is 0.359 e. The van der Waals surface area contributed by atoms with Crippen LogP contribution in [0.15, 0.2) is 105 Å². The predicted octanol–water partition coefficient (Wildman–Crippen LogP) is 4.80. The predicted molar refractivity (Wildman–Crippen MR) is 133 cm³/mol. The van der Waals surface area contributed by atoms with Crippen LogP contribution in [0.2, 0.25) is 0 Å². The van der Waals surface area contributed by atoms with Gasteiger partial charge >= 0.3 is 0 Å². The number of rotatable bonds is 7. The number of guanidine groups is 1. The highest BCUT2D eigenvalue weighted by molar-refractivity contribution is 6.00. The molecule has 162 valence electrons. The van der Waals surface area contributed by atoms with Gasteiger partial charge in [-0.05, 0) is 55.7 Å². The van der Waals surface area contributed by atoms with Gasteiger partial charge in [0, 0.05) is 41.1 Å². The number of allylic oxidation sites excluding steroid dienone is 8. The molecule has 0 aliphatic carbocycles. The lowest BCUT2D eigenvalue weighted by atomic mass is 10.1. The lowest BCUT2D eigenvalue weighted by molar-refractivity contribution is 0.666. The third kappa shape index (κ3) is 5.75. The Bertz CT molecular complexity index is 1150. The highest BCUT2D eigenvalue weighted by atomic mass is 15.3. The van der Waals surface area contributed by atoms with E-state index in [4.69, 9.17) is 4.99 Å². The Balaban J connectivity index is 1.90. The van der Waals surface area contributed by atoms with Gasteiger partial charge in [0.15, 0.2) is 5.82 Å². The second kappa shape index (κ2) is 10.8. The minimum absolute atomic E-state index is 0.432. The van der Waals surface area contributed by atoms with Gasteiger partial charge < -0.3 is 10.6 Å². The third-order valence-electron chi connectivity index (χ3n) is 4.95. The van der Waals surface area contributed by atoms with Gasteiger partial charge in [0.25, 0.3) is 0 Å². The molecule has 0 unspecified atom stereocenters. The maximum atomic E-state index is 4.77. The lowest BCUT2D eigenvalue weighted by Gasteiger charge is -2.22. The van der Waals surface area contributed by atoms with Crippen molar-refractivity contribution in [2.24, 2.45) is 15.0 Å². The Labute approximate surface area is 190 Å². The molecule has 6 heteroatoms. The summed E-state index contributed by atoms with van der Waals surface area (Å²) in [5.41, 5.74) is 8.10. The van der Waals surface area contributed by atoms with Crippen LogP contribution >= 0.6 is 0 Å². The standard InChI is InChI=1S/C26H28N6/c1-6-19(4)23(18-22(8-3)29-20(5)7-2)30-26-28-15-10-12-24(31-26)32-16-13-21-11-9-14-27-25(32)17-21/h7,9,11,13-14,16,18,29H,2,5-6,8,12H2,1,3-4H3,(H,28,30)/b22-18+,23-19-. The van der Waals surface area contributed by atoms with Crippen molar-refractivity contribution in [1.29, 1.82) is 0 Å². The third-order valence-corrected chi connectivity index (χ3v) is 4.95. The topological polar surface area (TPSA) is 64.4 Å². The fourth-order valence-electron chi connectivity index (χ4n) is 2.94. The Hall–Kier alpha value is -4.07. The molecule has 0 aromatic carbocycles. The van der Waals surface area contributed by atoms with Crippen molar-refractivity contribution >= 4 is 18.0 Å². The van der Waals surface area contributed by atoms with Crippen LogP contribution in [0, 0.1) is 12.0 Å². The van der Waals surface area contributed by atoms with Crippen LogP contribution in [0.4, 0.5) is 0 Å². The number of nitrogens with one attached hydrogen (secondary N) is 2. The molecular weight excluding hydrogens is 396 g/mol. The van der Waals surface area contributed by atoms with Crippen molar-refractivity contribution in [1.82, 2.24) is 15.5 Å². The van der Waals surface area contributed by atoms with Crippen molar-refractivity contribution in [3.63, 3.8) is 0 Å². The van der Waals surface area contributed by atoms with Crippen molar-refractivity contribution in [2.75, 3.05) is 0 Å². The van der Waals surface area contributed by atoms with E-state index in [1.54, 1.807) is 12.3 Å². The SMILES string of the molecule is C=CC(=C)N/C(=C/C(NC1=NC#CCC(N2C=CC3=C=C2N=CC=C3)=N1)=C(\C)CC)CC. The molecule has 0 fully saturated rings. The van der Waals surface area contributed by atoms with Crippen LogP contribution in [0.3, 0.4) is 0 Å². The van der Waals surface area contributed by atoms with E-state index in [1.165, 1.54) is 5.57 Å². The van der Waals surface area contributed by atoms with Crippen LogP contribution in [0.25, 0.3) is 0 Å². The van der Waals surface area contributed by atoms with Crippen LogP contribution in [0.1, 0.15) is 40.0 Å². The van der Waals surface area contributed by atoms with Gasteiger partial charge in [-0.2, -0.15) is 9.98 Å². The fourth-order valence-corrected chi connectivity index (χ4v) is 2.94. The van der Waals surface area contributed by atoms with E-state index in [0.717, 1.165) is 41.3 Å². The Morgan fingerprint density at radius 3 is 2.88 bits per heavy atom. The van der Waals surface area contributed by atoms with E-state index < -0.39 is 0 Å². The zero-order valence-corrected chi connectivity index (χ0v) is 18.9. The molecule has 0 atom stereocenters. The first-order valence-corrected chi connectivity index (χ1v) is 10.6. The van der Waals surface area contributed by atoms with Crippen molar-refractivity contribution < 1.29 is 0 Å². The highest BCUT2D eigenvalue weighted by Crippen LogP contribution is 2.19. The summed E-state index contributed by atoms with van der Waals surface area (Å²) in [4.78, 5) is 15.5. The van der Waals surface area contributed by atoms with E-state index in [0.29, 0.717) is 18.2 Å². The highest BCUT2D eigenvalue weighted by Gasteiger charge is 2.18. The second-order valence-corrected chi connectivity index (χ2v) is 7.21. The minimum atomic E-state index is 0.432. The number of hydrogen-bond acceptors (Lipinski definition) is 6. The molecular formula is C26H28N6. The summed E-state index contributed by atoms with van der Waals surface area (Å²) in [6, 6.07) is 2.84. The molecule has 0 spiro atoms. The zero-order chi connectivity index (χ0) is 22.9. The van der Waals surface area contributed by atoms with Crippen molar-refractivity contribution in [3.05, 3.63) is 89.5 Å². The van der Waals surface area contributed by atoms with Gasteiger partial charge in [-0.3, -0.25) is 4.90 Å². The van der Waals surface area contributed by atoms with Gasteiger partial charge in [0.1, 0.15) is 5.84 Å². The normalized spacial score (nSPS) is 17.5. The number of nitrogens with zero attached hydrogens (tertiary/aromatic N) is 4. The summed E-state index contributed by atoms with van der Waals surface area (Å²) in [6.45, 7) is 14.0. The monoisotopic (exact) mass is 424 g/mol. The molecule has 0 saturated carbocycles. The maximum Gasteiger partial charge on any atom is 0.237 e. The summed E-state index contributed by atoms with van der Waals surface area (Å²) in [6.07, 6.45) is 15.4. The molecule has 3 aliphatic rings. The summed E-state index contributed by atoms with van der Waals surface area (Å²) in [7, 11) is 0. The fraction of sp³-hybridized carbons (Fsp3) is 0.231. The molecule has 32 heavy (non-hydrogen) atoms. The van der Waals surface area contributed by atoms with Gasteiger partial charge in [-0.25, -0.2) is 4.99 Å². The van der Waals surface area contributed by atoms with E-state index >= 15 is 0 Å². The van der Waals surface area contributed by atoms with Crippen LogP contribution < -0.4 is 10.6 Å². The average Bonchev–Trinajstić information content (AvgIpc) is 3.15. The number of amidine groups is 1. The maximum absolute atomic E-state index is 4.77. The van der Waals surface area contributed by atoms with Gasteiger partial charge in [-0.15, -0.1) is 0 Å². The summed E-state index contributed by atoms with van der Waals surface area (Å²) >= 11 is 0. The molecule has 2 N–H and O–H groups in total. The molecule has 6 nitrogen and oxygen atoms in total. The van der Waals surface area contributed by atoms with E-state index in [1.807, 2.05) is 29.3 Å². The molecule has 3 heterocycles. The smallest absolute Gasteiger partial charge is 0.237 e. The zero-order valence-electron chi connectivity index (χ0n) is 18.9. The van der Waals surface area contributed by atoms with E-state index in [2.05, 4.69) is 78.3 Å². The summed E-state index contributed by atoms with van der Waals surface area (Å²) < 4.78 is 0. The molecule has 0 radical (unpaired) electrons. The second-order valence-electron chi connectivity index (χ2n) is 7.21. The molecule has 0 aromatic heterocycles. The van der Waals surface area contributed by atoms with Crippen molar-refractivity contribution in [3.8, 4) is 12.0 Å². The van der Waals surface area contributed by atoms with Crippen LogP contribution in [-0.2, 0) is 0 Å². The molecule has 2 bridgehead atoms. The molecule has 0 saturated heterocycles. The number of hydrogen-bond donors (Lipinski definition) is 2. The first kappa shape index (κ1) is 22.6. The van der Waals surface area contributed by atoms with E-state index in [9.17, 15) is 0 Å². The average molecular weight is 425 g/mol. The van der Waals surface area contributed by atoms with Crippen LogP contribution in [0.5, 0.6) is 0 Å². The molecule has 0 aromatic rings. The first-order valence-electron chi connectivity index (χ1n) is 10.6. The molecule has 3 rings (SSSR count). The first-order chi connectivity index (χ1) is 15.5. The quantitative estimate of drug-likeness (QED) is 0.351. The Morgan fingerprint density at radius 2 is 2.12 bits per heavy atom. The van der Waals surface area contributed by atoms with Crippen LogP contribution in [-0.4, -0.2) is 22.9 Å². The van der Waals surface area contributed by atoms with Gasteiger partial charge in [-0.1, -0.05) is 38.7 Å². The molecule has 3 aliphatic heterocycles. The van der Waals surface area contributed by atoms with Crippen molar-refractivity contribution in [2.45, 2.75) is 40.0 Å². The minimum Gasteiger partial charge on any atom is -0.359 e. The van der Waals surface area contributed by atoms with Gasteiger partial charge in [0.2, 0.25) is 5.96 Å². The van der Waals surface area contributed by atoms with E-state index in [-0.39, 0.29) is 0 Å². The van der Waals surface area contributed by atoms with Gasteiger partial charge in [0.05, 0.1) is 6.42 Å². The lowest BCUT2D eigenvalue weighted by Crippen LogP contribution is -2.29.